The summed E-state index contributed by atoms with van der Waals surface area (Å²) in [6.07, 6.45) is 3.41. The van der Waals surface area contributed by atoms with E-state index in [2.05, 4.69) is 5.32 Å². The van der Waals surface area contributed by atoms with E-state index in [0.29, 0.717) is 47.0 Å². The number of fused-ring (bicyclic) bond motifs is 1. The van der Waals surface area contributed by atoms with Crippen LogP contribution in [-0.2, 0) is 4.79 Å². The van der Waals surface area contributed by atoms with Gasteiger partial charge in [-0.1, -0.05) is 0 Å². The minimum Gasteiger partial charge on any atom is -0.369 e. The second-order valence-electron chi connectivity index (χ2n) is 8.16. The minimum absolute atomic E-state index is 0.00129. The zero-order valence-corrected chi connectivity index (χ0v) is 16.7. The van der Waals surface area contributed by atoms with Gasteiger partial charge in [-0.05, 0) is 44.6 Å². The Morgan fingerprint density at radius 1 is 1.31 bits per heavy atom. The van der Waals surface area contributed by atoms with Crippen molar-refractivity contribution in [2.75, 3.05) is 30.4 Å². The molecule has 1 aromatic heterocycles. The summed E-state index contributed by atoms with van der Waals surface area (Å²) in [5.41, 5.74) is 0.305. The number of rotatable bonds is 5. The highest BCUT2D eigenvalue weighted by Crippen LogP contribution is 2.39. The number of anilines is 1. The molecule has 2 heterocycles. The lowest BCUT2D eigenvalue weighted by Crippen LogP contribution is -2.44. The van der Waals surface area contributed by atoms with Crippen LogP contribution in [0, 0.1) is 18.7 Å². The van der Waals surface area contributed by atoms with Gasteiger partial charge in [-0.3, -0.25) is 14.2 Å². The molecule has 0 radical (unpaired) electrons. The summed E-state index contributed by atoms with van der Waals surface area (Å²) in [4.78, 5) is 38.2. The van der Waals surface area contributed by atoms with Crippen LogP contribution in [0.4, 0.5) is 10.1 Å². The average Bonchev–Trinajstić information content (AvgIpc) is 3.40. The SMILES string of the molecule is CC(=O)NCCC1CCN(c2c(F)cc3c(=O)n(N)c(=O)n(C4CC4)c3c2C)C1. The van der Waals surface area contributed by atoms with Gasteiger partial charge in [0.05, 0.1) is 16.6 Å². The molecule has 2 fully saturated rings. The number of hydrogen-bond donors (Lipinski definition) is 2. The monoisotopic (exact) mass is 403 g/mol. The molecule has 1 saturated carbocycles. The number of halogens is 1. The van der Waals surface area contributed by atoms with Crippen molar-refractivity contribution in [3.8, 4) is 0 Å². The van der Waals surface area contributed by atoms with Crippen molar-refractivity contribution < 1.29 is 9.18 Å². The zero-order chi connectivity index (χ0) is 20.9. The molecule has 2 aromatic rings. The first-order valence-electron chi connectivity index (χ1n) is 10.0. The molecular weight excluding hydrogens is 377 g/mol. The molecule has 1 amide bonds. The maximum Gasteiger partial charge on any atom is 0.350 e. The fourth-order valence-corrected chi connectivity index (χ4v) is 4.44. The molecule has 1 aliphatic carbocycles. The number of nitrogens with two attached hydrogens (primary N) is 1. The first-order valence-corrected chi connectivity index (χ1v) is 10.0. The minimum atomic E-state index is -0.676. The van der Waals surface area contributed by atoms with Gasteiger partial charge >= 0.3 is 5.69 Å². The van der Waals surface area contributed by atoms with Crippen LogP contribution in [0.1, 0.15) is 44.2 Å². The largest absolute Gasteiger partial charge is 0.369 e. The van der Waals surface area contributed by atoms with Gasteiger partial charge < -0.3 is 16.1 Å². The summed E-state index contributed by atoms with van der Waals surface area (Å²) in [6, 6.07) is 1.22. The van der Waals surface area contributed by atoms with Crippen LogP contribution in [0.15, 0.2) is 15.7 Å². The Morgan fingerprint density at radius 3 is 2.69 bits per heavy atom. The molecule has 4 rings (SSSR count). The Hall–Kier alpha value is -2.84. The van der Waals surface area contributed by atoms with E-state index in [1.165, 1.54) is 13.0 Å². The summed E-state index contributed by atoms with van der Waals surface area (Å²) in [7, 11) is 0. The van der Waals surface area contributed by atoms with Crippen molar-refractivity contribution in [2.45, 2.75) is 45.6 Å². The van der Waals surface area contributed by atoms with Gasteiger partial charge in [-0.25, -0.2) is 9.18 Å². The van der Waals surface area contributed by atoms with Crippen molar-refractivity contribution in [2.24, 2.45) is 5.92 Å². The van der Waals surface area contributed by atoms with E-state index >= 15 is 4.39 Å². The predicted octanol–water partition coefficient (Wildman–Crippen LogP) is 1.01. The fourth-order valence-electron chi connectivity index (χ4n) is 4.44. The zero-order valence-electron chi connectivity index (χ0n) is 16.7. The summed E-state index contributed by atoms with van der Waals surface area (Å²) >= 11 is 0. The number of benzene rings is 1. The third-order valence-electron chi connectivity index (χ3n) is 6.01. The summed E-state index contributed by atoms with van der Waals surface area (Å²) < 4.78 is 17.2. The maximum absolute atomic E-state index is 15.1. The van der Waals surface area contributed by atoms with E-state index in [4.69, 9.17) is 5.84 Å². The molecule has 0 spiro atoms. The number of amides is 1. The quantitative estimate of drug-likeness (QED) is 0.726. The first kappa shape index (κ1) is 19.5. The van der Waals surface area contributed by atoms with Gasteiger partial charge in [0.25, 0.3) is 5.56 Å². The number of carbonyl (C=O) groups excluding carboxylic acids is 1. The Kier molecular flexibility index (Phi) is 4.84. The second-order valence-corrected chi connectivity index (χ2v) is 8.16. The van der Waals surface area contributed by atoms with E-state index in [9.17, 15) is 14.4 Å². The van der Waals surface area contributed by atoms with E-state index in [-0.39, 0.29) is 17.3 Å². The Labute approximate surface area is 167 Å². The van der Waals surface area contributed by atoms with E-state index < -0.39 is 17.1 Å². The van der Waals surface area contributed by atoms with Crippen molar-refractivity contribution in [3.63, 3.8) is 0 Å². The van der Waals surface area contributed by atoms with E-state index in [0.717, 1.165) is 25.7 Å². The molecule has 29 heavy (non-hydrogen) atoms. The Morgan fingerprint density at radius 2 is 2.03 bits per heavy atom. The number of nitrogens with zero attached hydrogens (tertiary/aromatic N) is 3. The lowest BCUT2D eigenvalue weighted by atomic mass is 10.0. The average molecular weight is 403 g/mol. The maximum atomic E-state index is 15.1. The van der Waals surface area contributed by atoms with Crippen molar-refractivity contribution in [1.82, 2.24) is 14.6 Å². The highest BCUT2D eigenvalue weighted by atomic mass is 19.1. The third-order valence-corrected chi connectivity index (χ3v) is 6.01. The van der Waals surface area contributed by atoms with Crippen LogP contribution >= 0.6 is 0 Å². The van der Waals surface area contributed by atoms with Crippen molar-refractivity contribution >= 4 is 22.5 Å². The third kappa shape index (κ3) is 3.38. The molecule has 9 heteroatoms. The summed E-state index contributed by atoms with van der Waals surface area (Å²) in [6.45, 7) is 5.22. The normalized spacial score (nSPS) is 19.1. The number of nitrogen functional groups attached to an aromatic ring is 1. The summed E-state index contributed by atoms with van der Waals surface area (Å²) in [5, 5.41) is 2.94. The van der Waals surface area contributed by atoms with Crippen LogP contribution < -0.4 is 27.3 Å². The van der Waals surface area contributed by atoms with Gasteiger partial charge in [-0.2, -0.15) is 4.68 Å². The Bertz CT molecular complexity index is 1100. The fraction of sp³-hybridized carbons (Fsp3) is 0.550. The molecule has 1 aliphatic heterocycles. The highest BCUT2D eigenvalue weighted by molar-refractivity contribution is 5.87. The molecule has 0 bridgehead atoms. The van der Waals surface area contributed by atoms with Crippen LogP contribution in [0.25, 0.3) is 10.9 Å². The molecular formula is C20H26FN5O3. The number of carbonyl (C=O) groups is 1. The van der Waals surface area contributed by atoms with Crippen molar-refractivity contribution in [1.29, 1.82) is 0 Å². The van der Waals surface area contributed by atoms with Crippen LogP contribution in [0.3, 0.4) is 0 Å². The first-order chi connectivity index (χ1) is 13.8. The van der Waals surface area contributed by atoms with Gasteiger partial charge in [0.2, 0.25) is 5.91 Å². The van der Waals surface area contributed by atoms with Gasteiger partial charge in [0.1, 0.15) is 5.82 Å². The number of nitrogens with one attached hydrogen (secondary N) is 1. The highest BCUT2D eigenvalue weighted by Gasteiger charge is 2.32. The van der Waals surface area contributed by atoms with E-state index in [1.54, 1.807) is 11.5 Å². The molecule has 1 atom stereocenters. The Balaban J connectivity index is 1.74. The molecule has 1 saturated heterocycles. The lowest BCUT2D eigenvalue weighted by molar-refractivity contribution is -0.118. The van der Waals surface area contributed by atoms with Crippen molar-refractivity contribution in [3.05, 3.63) is 38.3 Å². The summed E-state index contributed by atoms with van der Waals surface area (Å²) in [5.74, 6) is 5.48. The predicted molar refractivity (Wildman–Crippen MR) is 109 cm³/mol. The smallest absolute Gasteiger partial charge is 0.350 e. The molecule has 1 unspecified atom stereocenters. The van der Waals surface area contributed by atoms with Crippen LogP contribution in [-0.4, -0.2) is 34.8 Å². The van der Waals surface area contributed by atoms with Crippen LogP contribution in [0.2, 0.25) is 0 Å². The molecule has 1 aromatic carbocycles. The second kappa shape index (κ2) is 7.20. The van der Waals surface area contributed by atoms with Gasteiger partial charge in [0, 0.05) is 38.2 Å². The molecule has 156 valence electrons. The molecule has 3 N–H and O–H groups in total. The number of aryl methyl sites for hydroxylation is 1. The number of aromatic nitrogens is 2. The topological polar surface area (TPSA) is 102 Å². The molecule has 2 aliphatic rings. The number of hydrogen-bond acceptors (Lipinski definition) is 5. The molecule has 8 nitrogen and oxygen atoms in total. The van der Waals surface area contributed by atoms with Gasteiger partial charge in [0.15, 0.2) is 0 Å². The van der Waals surface area contributed by atoms with Gasteiger partial charge in [-0.15, -0.1) is 0 Å². The van der Waals surface area contributed by atoms with Crippen LogP contribution in [0.5, 0.6) is 0 Å². The van der Waals surface area contributed by atoms with E-state index in [1.807, 2.05) is 4.90 Å². The lowest BCUT2D eigenvalue weighted by Gasteiger charge is -2.24. The standard InChI is InChI=1S/C20H26FN5O3/c1-11-17-15(19(28)26(22)20(29)25(17)14-3-4-14)9-16(21)18(11)24-8-6-13(10-24)5-7-23-12(2)27/h9,13-14H,3-8,10,22H2,1-2H3,(H,23,27).